The highest BCUT2D eigenvalue weighted by atomic mass is 32.1. The molecule has 1 amide bonds. The Balaban J connectivity index is 1.66. The van der Waals surface area contributed by atoms with E-state index in [0.717, 1.165) is 41.2 Å². The average molecular weight is 405 g/mol. The van der Waals surface area contributed by atoms with Gasteiger partial charge in [-0.3, -0.25) is 4.79 Å². The van der Waals surface area contributed by atoms with Crippen LogP contribution in [0.2, 0.25) is 0 Å². The van der Waals surface area contributed by atoms with Crippen molar-refractivity contribution in [3.05, 3.63) is 27.3 Å². The van der Waals surface area contributed by atoms with Gasteiger partial charge in [0.05, 0.1) is 11.3 Å². The van der Waals surface area contributed by atoms with Crippen LogP contribution in [-0.4, -0.2) is 29.9 Å². The molecule has 2 N–H and O–H groups in total. The summed E-state index contributed by atoms with van der Waals surface area (Å²) in [5, 5.41) is 16.2. The van der Waals surface area contributed by atoms with Crippen LogP contribution in [0.4, 0.5) is 10.0 Å². The highest BCUT2D eigenvalue weighted by molar-refractivity contribution is 7.16. The highest BCUT2D eigenvalue weighted by Gasteiger charge is 2.25. The number of ether oxygens (including phenoxy) is 1. The first kappa shape index (κ1) is 19.3. The predicted molar refractivity (Wildman–Crippen MR) is 106 cm³/mol. The second-order valence-corrected chi connectivity index (χ2v) is 8.39. The van der Waals surface area contributed by atoms with Crippen LogP contribution in [0.5, 0.6) is 0 Å². The van der Waals surface area contributed by atoms with Gasteiger partial charge in [-0.05, 0) is 49.2 Å². The second-order valence-electron chi connectivity index (χ2n) is 6.51. The predicted octanol–water partition coefficient (Wildman–Crippen LogP) is 3.35. The van der Waals surface area contributed by atoms with Gasteiger partial charge in [-0.25, -0.2) is 4.79 Å². The maximum Gasteiger partial charge on any atom is 0.343 e. The summed E-state index contributed by atoms with van der Waals surface area (Å²) in [7, 11) is 1.69. The number of anilines is 2. The van der Waals surface area contributed by atoms with E-state index in [2.05, 4.69) is 28.0 Å². The standard InChI is InChI=1S/C18H20N4O3S2/c1-9-4-5-11-12(7-19)16(26-13(11)6-9)21-14(23)8-25-18(24)15-10(2)22-27-17(15)20-3/h9,20H,4-6,8H2,1-3H3,(H,21,23)/t9-/m1/s1. The first-order valence-electron chi connectivity index (χ1n) is 8.60. The van der Waals surface area contributed by atoms with Crippen molar-refractivity contribution < 1.29 is 14.3 Å². The van der Waals surface area contributed by atoms with Crippen LogP contribution in [0.3, 0.4) is 0 Å². The van der Waals surface area contributed by atoms with Gasteiger partial charge in [0.25, 0.3) is 5.91 Å². The molecule has 7 nitrogen and oxygen atoms in total. The number of aryl methyl sites for hydroxylation is 1. The number of rotatable bonds is 5. The molecule has 2 heterocycles. The van der Waals surface area contributed by atoms with Gasteiger partial charge in [0.1, 0.15) is 21.6 Å². The van der Waals surface area contributed by atoms with Crippen molar-refractivity contribution in [2.24, 2.45) is 5.92 Å². The molecule has 0 spiro atoms. The molecular weight excluding hydrogens is 384 g/mol. The van der Waals surface area contributed by atoms with E-state index in [0.29, 0.717) is 32.7 Å². The van der Waals surface area contributed by atoms with Gasteiger partial charge in [0, 0.05) is 11.9 Å². The first-order valence-corrected chi connectivity index (χ1v) is 10.2. The number of fused-ring (bicyclic) bond motifs is 1. The third-order valence-electron chi connectivity index (χ3n) is 4.50. The number of carbonyl (C=O) groups excluding carboxylic acids is 2. The Hall–Kier alpha value is -2.44. The number of nitrogens with one attached hydrogen (secondary N) is 2. The molecule has 0 aliphatic heterocycles. The minimum atomic E-state index is -0.597. The molecule has 1 atom stereocenters. The van der Waals surface area contributed by atoms with Gasteiger partial charge in [0.15, 0.2) is 6.61 Å². The summed E-state index contributed by atoms with van der Waals surface area (Å²) in [6, 6.07) is 2.21. The van der Waals surface area contributed by atoms with Crippen LogP contribution in [0.25, 0.3) is 0 Å². The summed E-state index contributed by atoms with van der Waals surface area (Å²) in [6.07, 6.45) is 2.83. The smallest absolute Gasteiger partial charge is 0.343 e. The number of nitriles is 1. The number of carbonyl (C=O) groups is 2. The highest BCUT2D eigenvalue weighted by Crippen LogP contribution is 2.39. The molecule has 1 aliphatic rings. The molecule has 0 radical (unpaired) electrons. The molecule has 0 bridgehead atoms. The number of amides is 1. The van der Waals surface area contributed by atoms with Crippen molar-refractivity contribution in [1.82, 2.24) is 4.37 Å². The lowest BCUT2D eigenvalue weighted by atomic mass is 9.89. The number of nitrogens with zero attached hydrogens (tertiary/aromatic N) is 2. The fraction of sp³-hybridized carbons (Fsp3) is 0.444. The first-order chi connectivity index (χ1) is 12.9. The summed E-state index contributed by atoms with van der Waals surface area (Å²) in [6.45, 7) is 3.48. The Labute approximate surface area is 165 Å². The normalized spacial score (nSPS) is 15.6. The molecule has 0 unspecified atom stereocenters. The molecule has 0 saturated carbocycles. The SMILES string of the molecule is CNc1snc(C)c1C(=O)OCC(=O)Nc1sc2c(c1C#N)CC[C@@H](C)C2. The van der Waals surface area contributed by atoms with Crippen LogP contribution in [0, 0.1) is 24.2 Å². The summed E-state index contributed by atoms with van der Waals surface area (Å²) in [5.41, 5.74) is 2.48. The number of hydrogen-bond donors (Lipinski definition) is 2. The average Bonchev–Trinajstić information content (AvgIpc) is 3.18. The van der Waals surface area contributed by atoms with Crippen molar-refractivity contribution >= 4 is 44.7 Å². The largest absolute Gasteiger partial charge is 0.452 e. The number of thiophene rings is 1. The number of hydrogen-bond acceptors (Lipinski definition) is 8. The van der Waals surface area contributed by atoms with Crippen LogP contribution >= 0.6 is 22.9 Å². The lowest BCUT2D eigenvalue weighted by Gasteiger charge is -2.17. The van der Waals surface area contributed by atoms with E-state index in [1.807, 2.05) is 0 Å². The van der Waals surface area contributed by atoms with Crippen LogP contribution in [-0.2, 0) is 22.4 Å². The zero-order chi connectivity index (χ0) is 19.6. The monoisotopic (exact) mass is 404 g/mol. The van der Waals surface area contributed by atoms with Gasteiger partial charge >= 0.3 is 5.97 Å². The Morgan fingerprint density at radius 3 is 2.89 bits per heavy atom. The fourth-order valence-electron chi connectivity index (χ4n) is 3.10. The summed E-state index contributed by atoms with van der Waals surface area (Å²) >= 11 is 2.61. The van der Waals surface area contributed by atoms with E-state index < -0.39 is 18.5 Å². The van der Waals surface area contributed by atoms with E-state index in [9.17, 15) is 14.9 Å². The minimum Gasteiger partial charge on any atom is -0.452 e. The van der Waals surface area contributed by atoms with Gasteiger partial charge in [-0.2, -0.15) is 9.64 Å². The summed E-state index contributed by atoms with van der Waals surface area (Å²) < 4.78 is 9.25. The van der Waals surface area contributed by atoms with Gasteiger partial charge in [0.2, 0.25) is 0 Å². The lowest BCUT2D eigenvalue weighted by Crippen LogP contribution is -2.21. The van der Waals surface area contributed by atoms with E-state index in [4.69, 9.17) is 4.74 Å². The molecule has 27 heavy (non-hydrogen) atoms. The summed E-state index contributed by atoms with van der Waals surface area (Å²) in [4.78, 5) is 25.7. The van der Waals surface area contributed by atoms with Crippen molar-refractivity contribution in [3.8, 4) is 6.07 Å². The van der Waals surface area contributed by atoms with E-state index in [1.54, 1.807) is 14.0 Å². The van der Waals surface area contributed by atoms with E-state index in [1.165, 1.54) is 11.3 Å². The zero-order valence-electron chi connectivity index (χ0n) is 15.3. The van der Waals surface area contributed by atoms with Gasteiger partial charge in [-0.15, -0.1) is 11.3 Å². The molecule has 0 aromatic carbocycles. The third-order valence-corrected chi connectivity index (χ3v) is 6.63. The van der Waals surface area contributed by atoms with Gasteiger partial charge in [-0.1, -0.05) is 6.92 Å². The lowest BCUT2D eigenvalue weighted by molar-refractivity contribution is -0.119. The molecule has 2 aromatic rings. The molecular formula is C18H20N4O3S2. The minimum absolute atomic E-state index is 0.341. The number of esters is 1. The molecule has 9 heteroatoms. The Morgan fingerprint density at radius 1 is 1.41 bits per heavy atom. The van der Waals surface area contributed by atoms with Crippen molar-refractivity contribution in [2.45, 2.75) is 33.1 Å². The number of aromatic nitrogens is 1. The van der Waals surface area contributed by atoms with Crippen molar-refractivity contribution in [3.63, 3.8) is 0 Å². The van der Waals surface area contributed by atoms with Crippen LogP contribution in [0.15, 0.2) is 0 Å². The molecule has 2 aromatic heterocycles. The Kier molecular flexibility index (Phi) is 5.77. The topological polar surface area (TPSA) is 104 Å². The van der Waals surface area contributed by atoms with Crippen molar-refractivity contribution in [2.75, 3.05) is 24.3 Å². The maximum absolute atomic E-state index is 12.3. The third kappa shape index (κ3) is 3.96. The molecule has 3 rings (SSSR count). The Morgan fingerprint density at radius 2 is 2.19 bits per heavy atom. The summed E-state index contributed by atoms with van der Waals surface area (Å²) in [5.74, 6) is -0.477. The molecule has 142 valence electrons. The quantitative estimate of drug-likeness (QED) is 0.741. The van der Waals surface area contributed by atoms with Crippen LogP contribution < -0.4 is 10.6 Å². The Bertz CT molecular complexity index is 926. The molecule has 0 saturated heterocycles. The van der Waals surface area contributed by atoms with Crippen LogP contribution in [0.1, 0.15) is 45.4 Å². The fourth-order valence-corrected chi connectivity index (χ4v) is 5.21. The van der Waals surface area contributed by atoms with Crippen molar-refractivity contribution in [1.29, 1.82) is 5.26 Å². The second kappa shape index (κ2) is 8.06. The van der Waals surface area contributed by atoms with E-state index in [-0.39, 0.29) is 0 Å². The van der Waals surface area contributed by atoms with Gasteiger partial charge < -0.3 is 15.4 Å². The maximum atomic E-state index is 12.3. The molecule has 0 fully saturated rings. The molecule has 1 aliphatic carbocycles. The van der Waals surface area contributed by atoms with E-state index >= 15 is 0 Å². The zero-order valence-corrected chi connectivity index (χ0v) is 17.0.